The number of halogens is 2. The molecule has 1 unspecified atom stereocenters. The molecule has 1 aliphatic heterocycles. The lowest BCUT2D eigenvalue weighted by Gasteiger charge is -2.25. The average Bonchev–Trinajstić information content (AvgIpc) is 3.31. The number of amides is 1. The van der Waals surface area contributed by atoms with Gasteiger partial charge in [-0.25, -0.2) is 0 Å². The van der Waals surface area contributed by atoms with E-state index in [1.54, 1.807) is 54.6 Å². The van der Waals surface area contributed by atoms with Crippen LogP contribution in [-0.2, 0) is 9.59 Å². The molecule has 2 heterocycles. The van der Waals surface area contributed by atoms with Gasteiger partial charge in [-0.15, -0.1) is 0 Å². The Kier molecular flexibility index (Phi) is 5.06. The van der Waals surface area contributed by atoms with Crippen LogP contribution in [0.15, 0.2) is 75.3 Å². The number of aryl methyl sites for hydroxylation is 1. The van der Waals surface area contributed by atoms with Gasteiger partial charge in [0, 0.05) is 20.7 Å². The summed E-state index contributed by atoms with van der Waals surface area (Å²) in [5.41, 5.74) is 1.63. The van der Waals surface area contributed by atoms with Crippen molar-refractivity contribution in [3.05, 3.63) is 92.8 Å². The van der Waals surface area contributed by atoms with Crippen LogP contribution in [0.25, 0.3) is 5.76 Å². The molecule has 2 aromatic carbocycles. The van der Waals surface area contributed by atoms with Crippen molar-refractivity contribution in [2.75, 3.05) is 4.90 Å². The zero-order valence-electron chi connectivity index (χ0n) is 15.2. The molecule has 0 spiro atoms. The first-order valence-electron chi connectivity index (χ1n) is 8.75. The molecule has 146 valence electrons. The first-order valence-corrected chi connectivity index (χ1v) is 9.92. The molecule has 0 aliphatic carbocycles. The van der Waals surface area contributed by atoms with E-state index in [0.29, 0.717) is 22.0 Å². The predicted octanol–water partition coefficient (Wildman–Crippen LogP) is 5.63. The van der Waals surface area contributed by atoms with E-state index in [1.807, 2.05) is 6.92 Å². The number of hydrogen-bond donors (Lipinski definition) is 1. The SMILES string of the molecule is Cc1ccc(Cl)cc1N1C(=O)C(=O)/C(=C(\O)c2ccc(Br)cc2)C1c1ccco1. The van der Waals surface area contributed by atoms with Crippen molar-refractivity contribution in [3.63, 3.8) is 0 Å². The molecule has 3 aromatic rings. The van der Waals surface area contributed by atoms with E-state index < -0.39 is 17.7 Å². The summed E-state index contributed by atoms with van der Waals surface area (Å²) in [6.45, 7) is 1.82. The fourth-order valence-corrected chi connectivity index (χ4v) is 3.83. The molecule has 1 saturated heterocycles. The van der Waals surface area contributed by atoms with E-state index in [0.717, 1.165) is 10.0 Å². The number of carbonyl (C=O) groups is 2. The summed E-state index contributed by atoms with van der Waals surface area (Å²) >= 11 is 9.49. The number of aliphatic hydroxyl groups is 1. The van der Waals surface area contributed by atoms with Gasteiger partial charge in [0.15, 0.2) is 0 Å². The Morgan fingerprint density at radius 2 is 1.86 bits per heavy atom. The van der Waals surface area contributed by atoms with Gasteiger partial charge in [0.25, 0.3) is 11.7 Å². The summed E-state index contributed by atoms with van der Waals surface area (Å²) in [5, 5.41) is 11.4. The maximum absolute atomic E-state index is 13.0. The van der Waals surface area contributed by atoms with Crippen LogP contribution in [0.5, 0.6) is 0 Å². The summed E-state index contributed by atoms with van der Waals surface area (Å²) in [4.78, 5) is 27.3. The highest BCUT2D eigenvalue weighted by molar-refractivity contribution is 9.10. The predicted molar refractivity (Wildman–Crippen MR) is 114 cm³/mol. The lowest BCUT2D eigenvalue weighted by atomic mass is 9.99. The van der Waals surface area contributed by atoms with E-state index in [1.165, 1.54) is 11.2 Å². The third-order valence-corrected chi connectivity index (χ3v) is 5.57. The number of benzene rings is 2. The first-order chi connectivity index (χ1) is 13.9. The molecule has 1 amide bonds. The highest BCUT2D eigenvalue weighted by Gasteiger charge is 2.48. The molecule has 1 N–H and O–H groups in total. The van der Waals surface area contributed by atoms with Crippen LogP contribution in [0.3, 0.4) is 0 Å². The molecule has 0 bridgehead atoms. The van der Waals surface area contributed by atoms with Crippen LogP contribution < -0.4 is 4.90 Å². The van der Waals surface area contributed by atoms with E-state index in [2.05, 4.69) is 15.9 Å². The highest BCUT2D eigenvalue weighted by atomic mass is 79.9. The van der Waals surface area contributed by atoms with Crippen LogP contribution in [0.4, 0.5) is 5.69 Å². The van der Waals surface area contributed by atoms with Crippen LogP contribution in [0.1, 0.15) is 22.9 Å². The molecule has 1 aliphatic rings. The van der Waals surface area contributed by atoms with Crippen LogP contribution >= 0.6 is 27.5 Å². The summed E-state index contributed by atoms with van der Waals surface area (Å²) in [5.74, 6) is -1.44. The number of aliphatic hydroxyl groups excluding tert-OH is 1. The Morgan fingerprint density at radius 1 is 1.14 bits per heavy atom. The lowest BCUT2D eigenvalue weighted by molar-refractivity contribution is -0.132. The number of rotatable bonds is 3. The Balaban J connectivity index is 1.95. The van der Waals surface area contributed by atoms with Gasteiger partial charge in [0.05, 0.1) is 11.8 Å². The Hall–Kier alpha value is -2.83. The Morgan fingerprint density at radius 3 is 2.52 bits per heavy atom. The minimum Gasteiger partial charge on any atom is -0.507 e. The zero-order chi connectivity index (χ0) is 20.7. The van der Waals surface area contributed by atoms with Gasteiger partial charge in [-0.2, -0.15) is 0 Å². The zero-order valence-corrected chi connectivity index (χ0v) is 17.6. The van der Waals surface area contributed by atoms with Crippen molar-refractivity contribution in [1.82, 2.24) is 0 Å². The second kappa shape index (κ2) is 7.54. The number of ketones is 1. The first kappa shape index (κ1) is 19.5. The van der Waals surface area contributed by atoms with E-state index in [9.17, 15) is 14.7 Å². The molecule has 29 heavy (non-hydrogen) atoms. The van der Waals surface area contributed by atoms with Crippen molar-refractivity contribution >= 4 is 50.7 Å². The average molecular weight is 473 g/mol. The summed E-state index contributed by atoms with van der Waals surface area (Å²) < 4.78 is 6.37. The lowest BCUT2D eigenvalue weighted by Crippen LogP contribution is -2.30. The molecular formula is C22H15BrClNO4. The monoisotopic (exact) mass is 471 g/mol. The summed E-state index contributed by atoms with van der Waals surface area (Å²) in [6.07, 6.45) is 1.46. The van der Waals surface area contributed by atoms with Crippen LogP contribution in [0, 0.1) is 6.92 Å². The number of hydrogen-bond acceptors (Lipinski definition) is 4. The third kappa shape index (κ3) is 3.39. The fourth-order valence-electron chi connectivity index (χ4n) is 3.40. The maximum atomic E-state index is 13.0. The second-order valence-electron chi connectivity index (χ2n) is 6.62. The van der Waals surface area contributed by atoms with Gasteiger partial charge < -0.3 is 9.52 Å². The minimum absolute atomic E-state index is 0.0355. The molecule has 0 radical (unpaired) electrons. The van der Waals surface area contributed by atoms with Crippen molar-refractivity contribution in [3.8, 4) is 0 Å². The number of carbonyl (C=O) groups excluding carboxylic acids is 2. The summed E-state index contributed by atoms with van der Waals surface area (Å²) in [7, 11) is 0. The van der Waals surface area contributed by atoms with Crippen LogP contribution in [0.2, 0.25) is 5.02 Å². The molecule has 5 nitrogen and oxygen atoms in total. The smallest absolute Gasteiger partial charge is 0.300 e. The third-order valence-electron chi connectivity index (χ3n) is 4.81. The molecule has 1 aromatic heterocycles. The molecule has 1 atom stereocenters. The second-order valence-corrected chi connectivity index (χ2v) is 7.97. The van der Waals surface area contributed by atoms with Crippen molar-refractivity contribution in [2.45, 2.75) is 13.0 Å². The van der Waals surface area contributed by atoms with Gasteiger partial charge in [-0.3, -0.25) is 14.5 Å². The topological polar surface area (TPSA) is 70.8 Å². The van der Waals surface area contributed by atoms with Gasteiger partial charge in [-0.05, 0) is 48.9 Å². The van der Waals surface area contributed by atoms with Crippen molar-refractivity contribution in [2.24, 2.45) is 0 Å². The van der Waals surface area contributed by atoms with Gasteiger partial charge in [0.2, 0.25) is 0 Å². The van der Waals surface area contributed by atoms with Gasteiger partial charge in [-0.1, -0.05) is 45.7 Å². The van der Waals surface area contributed by atoms with Gasteiger partial charge >= 0.3 is 0 Å². The molecule has 0 saturated carbocycles. The van der Waals surface area contributed by atoms with E-state index in [4.69, 9.17) is 16.0 Å². The molecule has 4 rings (SSSR count). The number of Topliss-reactive ketones (excluding diaryl/α,β-unsaturated/α-hetero) is 1. The Bertz CT molecular complexity index is 1140. The maximum Gasteiger partial charge on any atom is 0.300 e. The highest BCUT2D eigenvalue weighted by Crippen LogP contribution is 2.43. The number of nitrogens with zero attached hydrogens (tertiary/aromatic N) is 1. The molecule has 7 heteroatoms. The standard InChI is InChI=1S/C22H15BrClNO4/c1-12-4-9-15(24)11-16(12)25-19(17-3-2-10-29-17)18(21(27)22(25)28)20(26)13-5-7-14(23)8-6-13/h2-11,19,26H,1H3/b20-18-. The Labute approximate surface area is 180 Å². The summed E-state index contributed by atoms with van der Waals surface area (Å²) in [6, 6.07) is 14.3. The minimum atomic E-state index is -0.911. The number of furan rings is 1. The fraction of sp³-hybridized carbons (Fsp3) is 0.0909. The molecule has 1 fully saturated rings. The van der Waals surface area contributed by atoms with Crippen molar-refractivity contribution in [1.29, 1.82) is 0 Å². The van der Waals surface area contributed by atoms with Crippen LogP contribution in [-0.4, -0.2) is 16.8 Å². The number of anilines is 1. The largest absolute Gasteiger partial charge is 0.507 e. The molecular weight excluding hydrogens is 458 g/mol. The van der Waals surface area contributed by atoms with E-state index in [-0.39, 0.29) is 11.3 Å². The van der Waals surface area contributed by atoms with Crippen molar-refractivity contribution < 1.29 is 19.1 Å². The van der Waals surface area contributed by atoms with Gasteiger partial charge in [0.1, 0.15) is 17.6 Å². The normalized spacial score (nSPS) is 18.4. The van der Waals surface area contributed by atoms with E-state index >= 15 is 0 Å². The quantitative estimate of drug-likeness (QED) is 0.305.